The number of imidazole rings is 2. The van der Waals surface area contributed by atoms with Crippen LogP contribution in [-0.4, -0.2) is 25.1 Å². The number of fused-ring (bicyclic) bond motifs is 13. The SMILES string of the molecule is c1ccc(-c2ccccc2B2c3ccccc3-n3c4c2cc2c(c5cccc6oc7ccccc7n2c65)c4n2c4ccccc4nc32)cc1. The van der Waals surface area contributed by atoms with E-state index in [9.17, 15) is 0 Å². The Morgan fingerprint density at radius 1 is 0.510 bits per heavy atom. The summed E-state index contributed by atoms with van der Waals surface area (Å²) in [5, 5.41) is 2.38. The summed E-state index contributed by atoms with van der Waals surface area (Å²) in [7, 11) is 0. The highest BCUT2D eigenvalue weighted by Gasteiger charge is 2.37. The van der Waals surface area contributed by atoms with Gasteiger partial charge >= 0.3 is 0 Å². The molecule has 0 amide bonds. The Hall–Kier alpha value is -6.53. The van der Waals surface area contributed by atoms with E-state index >= 15 is 0 Å². The molecule has 0 saturated heterocycles. The Balaban J connectivity index is 1.37. The van der Waals surface area contributed by atoms with Crippen LogP contribution in [0.2, 0.25) is 0 Å². The summed E-state index contributed by atoms with van der Waals surface area (Å²) in [6, 6.07) is 54.4. The van der Waals surface area contributed by atoms with E-state index in [1.807, 2.05) is 6.07 Å². The first kappa shape index (κ1) is 25.6. The third-order valence-electron chi connectivity index (χ3n) is 10.7. The van der Waals surface area contributed by atoms with Gasteiger partial charge in [0, 0.05) is 16.5 Å². The van der Waals surface area contributed by atoms with Crippen LogP contribution in [0.5, 0.6) is 0 Å². The van der Waals surface area contributed by atoms with Gasteiger partial charge in [0.1, 0.15) is 0 Å². The zero-order valence-electron chi connectivity index (χ0n) is 26.2. The zero-order valence-corrected chi connectivity index (χ0v) is 26.2. The number of hydrogen-bond acceptors (Lipinski definition) is 2. The highest BCUT2D eigenvalue weighted by Crippen LogP contribution is 2.42. The van der Waals surface area contributed by atoms with Crippen LogP contribution in [0, 0.1) is 0 Å². The topological polar surface area (TPSA) is 39.8 Å². The largest absolute Gasteiger partial charge is 0.453 e. The van der Waals surface area contributed by atoms with Gasteiger partial charge in [-0.2, -0.15) is 0 Å². The van der Waals surface area contributed by atoms with Gasteiger partial charge in [-0.05, 0) is 64.5 Å². The Kier molecular flexibility index (Phi) is 4.74. The number of aromatic nitrogens is 4. The van der Waals surface area contributed by atoms with Crippen molar-refractivity contribution < 1.29 is 4.42 Å². The van der Waals surface area contributed by atoms with Gasteiger partial charge in [0.25, 0.3) is 0 Å². The number of hydrogen-bond donors (Lipinski definition) is 0. The van der Waals surface area contributed by atoms with Crippen LogP contribution in [0.4, 0.5) is 0 Å². The van der Waals surface area contributed by atoms with Gasteiger partial charge in [0.2, 0.25) is 12.5 Å². The van der Waals surface area contributed by atoms with Gasteiger partial charge in [-0.15, -0.1) is 0 Å². The molecule has 4 aromatic heterocycles. The molecule has 5 heterocycles. The molecule has 7 aromatic carbocycles. The highest BCUT2D eigenvalue weighted by molar-refractivity contribution is 6.98. The molecule has 1 aliphatic heterocycles. The molecule has 49 heavy (non-hydrogen) atoms. The molecule has 0 atom stereocenters. The Morgan fingerprint density at radius 3 is 2.16 bits per heavy atom. The minimum atomic E-state index is -0.0155. The summed E-state index contributed by atoms with van der Waals surface area (Å²) < 4.78 is 13.8. The molecule has 0 bridgehead atoms. The lowest BCUT2D eigenvalue weighted by atomic mass is 9.34. The molecule has 0 fully saturated rings. The first-order valence-corrected chi connectivity index (χ1v) is 16.8. The number of benzene rings is 7. The van der Waals surface area contributed by atoms with E-state index in [0.29, 0.717) is 0 Å². The molecule has 0 spiro atoms. The van der Waals surface area contributed by atoms with Crippen molar-refractivity contribution in [1.29, 1.82) is 0 Å². The first-order valence-electron chi connectivity index (χ1n) is 16.8. The summed E-state index contributed by atoms with van der Waals surface area (Å²) >= 11 is 0. The van der Waals surface area contributed by atoms with E-state index < -0.39 is 0 Å². The van der Waals surface area contributed by atoms with Crippen LogP contribution < -0.4 is 16.4 Å². The van der Waals surface area contributed by atoms with Gasteiger partial charge in [-0.3, -0.25) is 8.97 Å². The predicted molar refractivity (Wildman–Crippen MR) is 202 cm³/mol. The van der Waals surface area contributed by atoms with E-state index in [1.54, 1.807) is 0 Å². The average Bonchev–Trinajstić information content (AvgIpc) is 3.81. The summed E-state index contributed by atoms with van der Waals surface area (Å²) in [5.74, 6) is 0.927. The van der Waals surface area contributed by atoms with Crippen LogP contribution in [0.1, 0.15) is 0 Å². The summed E-state index contributed by atoms with van der Waals surface area (Å²) in [6.07, 6.45) is 0. The summed E-state index contributed by atoms with van der Waals surface area (Å²) in [4.78, 5) is 5.33. The van der Waals surface area contributed by atoms with Gasteiger partial charge in [-0.1, -0.05) is 115 Å². The number of para-hydroxylation sites is 6. The van der Waals surface area contributed by atoms with Gasteiger partial charge in [-0.25, -0.2) is 4.98 Å². The molecule has 1 aliphatic rings. The normalized spacial score (nSPS) is 12.9. The molecule has 5 nitrogen and oxygen atoms in total. The van der Waals surface area contributed by atoms with Crippen molar-refractivity contribution in [2.75, 3.05) is 0 Å². The Morgan fingerprint density at radius 2 is 1.24 bits per heavy atom. The van der Waals surface area contributed by atoms with E-state index in [1.165, 1.54) is 60.5 Å². The minimum absolute atomic E-state index is 0.0155. The smallest absolute Gasteiger partial charge is 0.247 e. The molecular formula is C43H25BN4O. The van der Waals surface area contributed by atoms with Crippen molar-refractivity contribution in [3.8, 4) is 16.8 Å². The maximum absolute atomic E-state index is 6.57. The molecule has 12 rings (SSSR count). The number of nitrogens with zero attached hydrogens (tertiary/aromatic N) is 4. The van der Waals surface area contributed by atoms with E-state index in [-0.39, 0.29) is 6.71 Å². The predicted octanol–water partition coefficient (Wildman–Crippen LogP) is 8.23. The molecule has 0 unspecified atom stereocenters. The second kappa shape index (κ2) is 9.09. The van der Waals surface area contributed by atoms with E-state index in [4.69, 9.17) is 9.40 Å². The lowest BCUT2D eigenvalue weighted by Crippen LogP contribution is -2.56. The van der Waals surface area contributed by atoms with Crippen molar-refractivity contribution in [2.24, 2.45) is 0 Å². The van der Waals surface area contributed by atoms with Crippen LogP contribution in [0.15, 0.2) is 156 Å². The van der Waals surface area contributed by atoms with Crippen LogP contribution in [0.3, 0.4) is 0 Å². The van der Waals surface area contributed by atoms with E-state index in [2.05, 4.69) is 159 Å². The van der Waals surface area contributed by atoms with Gasteiger partial charge in [0.05, 0.1) is 38.6 Å². The molecule has 0 radical (unpaired) electrons. The zero-order chi connectivity index (χ0) is 31.8. The molecule has 11 aromatic rings. The summed E-state index contributed by atoms with van der Waals surface area (Å²) in [6.45, 7) is -0.0155. The molecule has 0 N–H and O–H groups in total. The third kappa shape index (κ3) is 3.14. The van der Waals surface area contributed by atoms with E-state index in [0.717, 1.165) is 39.0 Å². The average molecular weight is 625 g/mol. The van der Waals surface area contributed by atoms with Crippen LogP contribution in [0.25, 0.3) is 83.1 Å². The number of rotatable bonds is 2. The molecule has 0 saturated carbocycles. The summed E-state index contributed by atoms with van der Waals surface area (Å²) in [5.41, 5.74) is 17.0. The van der Waals surface area contributed by atoms with Crippen molar-refractivity contribution >= 4 is 89.4 Å². The fourth-order valence-electron chi connectivity index (χ4n) is 8.81. The molecule has 226 valence electrons. The quantitative estimate of drug-likeness (QED) is 0.144. The second-order valence-corrected chi connectivity index (χ2v) is 13.1. The fraction of sp³-hybridized carbons (Fsp3) is 0. The van der Waals surface area contributed by atoms with Crippen LogP contribution >= 0.6 is 0 Å². The van der Waals surface area contributed by atoms with Gasteiger partial charge < -0.3 is 8.82 Å². The maximum atomic E-state index is 6.57. The first-order chi connectivity index (χ1) is 24.3. The third-order valence-corrected chi connectivity index (χ3v) is 10.7. The Bertz CT molecular complexity index is 3180. The fourth-order valence-corrected chi connectivity index (χ4v) is 8.81. The molecular weight excluding hydrogens is 599 g/mol. The lowest BCUT2D eigenvalue weighted by molar-refractivity contribution is 0.656. The van der Waals surface area contributed by atoms with Crippen molar-refractivity contribution in [3.05, 3.63) is 152 Å². The second-order valence-electron chi connectivity index (χ2n) is 13.1. The standard InChI is InChI=1S/C43H25BN4O/c1-2-13-26(14-3-1)27-15-4-5-17-29(27)44-30-18-6-8-20-33(30)47-41-31(44)25-36-39(42(41)48-34-21-9-7-19-32(34)45-43(47)48)28-16-12-24-38-40(28)46(36)35-22-10-11-23-37(35)49-38/h1-25H. The molecule has 6 heteroatoms. The van der Waals surface area contributed by atoms with Crippen molar-refractivity contribution in [2.45, 2.75) is 0 Å². The minimum Gasteiger partial charge on any atom is -0.453 e. The maximum Gasteiger partial charge on any atom is 0.247 e. The highest BCUT2D eigenvalue weighted by atomic mass is 16.3. The molecule has 0 aliphatic carbocycles. The Labute approximate surface area is 279 Å². The van der Waals surface area contributed by atoms with Gasteiger partial charge in [0.15, 0.2) is 11.2 Å². The van der Waals surface area contributed by atoms with Crippen molar-refractivity contribution in [1.82, 2.24) is 18.4 Å². The van der Waals surface area contributed by atoms with Crippen molar-refractivity contribution in [3.63, 3.8) is 0 Å². The van der Waals surface area contributed by atoms with Crippen LogP contribution in [-0.2, 0) is 0 Å². The monoisotopic (exact) mass is 624 g/mol. The lowest BCUT2D eigenvalue weighted by Gasteiger charge is -2.27.